The zero-order chi connectivity index (χ0) is 10.6. The molecule has 4 rings (SSSR count). The highest BCUT2D eigenvalue weighted by molar-refractivity contribution is 5.02. The van der Waals surface area contributed by atoms with Crippen molar-refractivity contribution in [2.24, 2.45) is 23.2 Å². The van der Waals surface area contributed by atoms with E-state index in [0.717, 1.165) is 29.2 Å². The van der Waals surface area contributed by atoms with Gasteiger partial charge in [-0.25, -0.2) is 0 Å². The molecule has 3 unspecified atom stereocenters. The smallest absolute Gasteiger partial charge is 0.00983 e. The summed E-state index contributed by atoms with van der Waals surface area (Å²) in [6.45, 7) is 1.37. The van der Waals surface area contributed by atoms with Gasteiger partial charge in [0.25, 0.3) is 0 Å². The van der Waals surface area contributed by atoms with E-state index in [-0.39, 0.29) is 0 Å². The van der Waals surface area contributed by atoms with Crippen LogP contribution in [0.1, 0.15) is 57.8 Å². The first-order valence-electron chi connectivity index (χ1n) is 7.59. The minimum absolute atomic E-state index is 0.780. The van der Waals surface area contributed by atoms with Gasteiger partial charge in [-0.2, -0.15) is 0 Å². The van der Waals surface area contributed by atoms with Crippen molar-refractivity contribution in [2.45, 2.75) is 63.8 Å². The van der Waals surface area contributed by atoms with Crippen LogP contribution >= 0.6 is 0 Å². The molecule has 1 heteroatoms. The summed E-state index contributed by atoms with van der Waals surface area (Å²) in [5.74, 6) is 3.27. The first-order chi connectivity index (χ1) is 7.86. The van der Waals surface area contributed by atoms with Crippen LogP contribution < -0.4 is 5.32 Å². The molecule has 90 valence electrons. The summed E-state index contributed by atoms with van der Waals surface area (Å²) in [6, 6.07) is 0.912. The Hall–Kier alpha value is -0.0400. The quantitative estimate of drug-likeness (QED) is 0.764. The van der Waals surface area contributed by atoms with Gasteiger partial charge in [-0.05, 0) is 68.1 Å². The fraction of sp³-hybridized carbons (Fsp3) is 1.00. The average molecular weight is 219 g/mol. The monoisotopic (exact) mass is 219 g/mol. The van der Waals surface area contributed by atoms with E-state index in [2.05, 4.69) is 5.32 Å². The van der Waals surface area contributed by atoms with Gasteiger partial charge in [-0.15, -0.1) is 0 Å². The maximum atomic E-state index is 3.98. The molecule has 0 aromatic heterocycles. The van der Waals surface area contributed by atoms with E-state index in [9.17, 15) is 0 Å². The highest BCUT2D eigenvalue weighted by Crippen LogP contribution is 2.57. The topological polar surface area (TPSA) is 12.0 Å². The van der Waals surface area contributed by atoms with Crippen molar-refractivity contribution in [3.63, 3.8) is 0 Å². The van der Waals surface area contributed by atoms with Gasteiger partial charge in [0, 0.05) is 12.6 Å². The van der Waals surface area contributed by atoms with Crippen LogP contribution in [0.2, 0.25) is 0 Å². The SMILES string of the molecule is C1CC(CNC2CC3CCC2C3)(C2CC2)C1. The summed E-state index contributed by atoms with van der Waals surface area (Å²) in [7, 11) is 0. The van der Waals surface area contributed by atoms with E-state index in [1.807, 2.05) is 0 Å². The van der Waals surface area contributed by atoms with Crippen LogP contribution in [-0.2, 0) is 0 Å². The minimum atomic E-state index is 0.780. The Morgan fingerprint density at radius 1 is 1.00 bits per heavy atom. The Labute approximate surface area is 99.4 Å². The maximum Gasteiger partial charge on any atom is 0.00983 e. The van der Waals surface area contributed by atoms with E-state index in [4.69, 9.17) is 0 Å². The number of fused-ring (bicyclic) bond motifs is 2. The summed E-state index contributed by atoms with van der Waals surface area (Å²) in [5.41, 5.74) is 0.780. The molecule has 4 aliphatic rings. The second-order valence-corrected chi connectivity index (χ2v) is 7.15. The lowest BCUT2D eigenvalue weighted by Gasteiger charge is -2.44. The predicted molar refractivity (Wildman–Crippen MR) is 66.2 cm³/mol. The molecule has 16 heavy (non-hydrogen) atoms. The highest BCUT2D eigenvalue weighted by Gasteiger charge is 2.49. The van der Waals surface area contributed by atoms with Crippen LogP contribution in [0.25, 0.3) is 0 Å². The first kappa shape index (κ1) is 9.94. The molecule has 1 N–H and O–H groups in total. The number of nitrogens with one attached hydrogen (secondary N) is 1. The van der Waals surface area contributed by atoms with Crippen LogP contribution in [0, 0.1) is 23.2 Å². The molecule has 0 radical (unpaired) electrons. The average Bonchev–Trinajstić information content (AvgIpc) is 2.87. The van der Waals surface area contributed by atoms with Gasteiger partial charge in [0.15, 0.2) is 0 Å². The van der Waals surface area contributed by atoms with Gasteiger partial charge in [0.05, 0.1) is 0 Å². The molecular weight excluding hydrogens is 194 g/mol. The molecule has 0 aromatic rings. The lowest BCUT2D eigenvalue weighted by molar-refractivity contribution is 0.0906. The second kappa shape index (κ2) is 3.48. The Bertz CT molecular complexity index is 277. The summed E-state index contributed by atoms with van der Waals surface area (Å²) < 4.78 is 0. The van der Waals surface area contributed by atoms with Gasteiger partial charge in [0.2, 0.25) is 0 Å². The van der Waals surface area contributed by atoms with E-state index in [0.29, 0.717) is 0 Å². The predicted octanol–water partition coefficient (Wildman–Crippen LogP) is 3.34. The van der Waals surface area contributed by atoms with E-state index >= 15 is 0 Å². The lowest BCUT2D eigenvalue weighted by atomic mass is 9.65. The molecular formula is C15H25N. The second-order valence-electron chi connectivity index (χ2n) is 7.15. The molecule has 0 spiro atoms. The minimum Gasteiger partial charge on any atom is -0.313 e. The van der Waals surface area contributed by atoms with E-state index in [1.54, 1.807) is 19.3 Å². The van der Waals surface area contributed by atoms with Gasteiger partial charge in [0.1, 0.15) is 0 Å². The summed E-state index contributed by atoms with van der Waals surface area (Å²) in [6.07, 6.45) is 13.8. The normalized spacial score (nSPS) is 44.6. The van der Waals surface area contributed by atoms with E-state index < -0.39 is 0 Å². The van der Waals surface area contributed by atoms with Crippen molar-refractivity contribution >= 4 is 0 Å². The Balaban J connectivity index is 1.34. The summed E-state index contributed by atoms with van der Waals surface area (Å²) in [5, 5.41) is 3.98. The zero-order valence-corrected chi connectivity index (χ0v) is 10.4. The van der Waals surface area contributed by atoms with Crippen molar-refractivity contribution in [3.8, 4) is 0 Å². The maximum absolute atomic E-state index is 3.98. The van der Waals surface area contributed by atoms with Crippen molar-refractivity contribution in [2.75, 3.05) is 6.54 Å². The highest BCUT2D eigenvalue weighted by atomic mass is 15.0. The van der Waals surface area contributed by atoms with Crippen molar-refractivity contribution in [3.05, 3.63) is 0 Å². The van der Waals surface area contributed by atoms with Crippen molar-refractivity contribution in [1.82, 2.24) is 5.32 Å². The molecule has 0 aliphatic heterocycles. The van der Waals surface area contributed by atoms with Crippen LogP contribution in [0.5, 0.6) is 0 Å². The Kier molecular flexibility index (Phi) is 2.16. The van der Waals surface area contributed by atoms with Crippen LogP contribution in [-0.4, -0.2) is 12.6 Å². The summed E-state index contributed by atoms with van der Waals surface area (Å²) >= 11 is 0. The standard InChI is InChI=1S/C15H25N/c1-6-15(7-1,13-4-5-13)10-16-14-9-11-2-3-12(14)8-11/h11-14,16H,1-10H2. The molecule has 0 heterocycles. The molecule has 4 fully saturated rings. The van der Waals surface area contributed by atoms with E-state index in [1.165, 1.54) is 45.1 Å². The third-order valence-corrected chi connectivity index (χ3v) is 6.25. The fourth-order valence-electron chi connectivity index (χ4n) is 4.89. The van der Waals surface area contributed by atoms with Crippen LogP contribution in [0.4, 0.5) is 0 Å². The van der Waals surface area contributed by atoms with Gasteiger partial charge in [-0.3, -0.25) is 0 Å². The first-order valence-corrected chi connectivity index (χ1v) is 7.59. The largest absolute Gasteiger partial charge is 0.313 e. The third kappa shape index (κ3) is 1.47. The lowest BCUT2D eigenvalue weighted by Crippen LogP contribution is -2.46. The third-order valence-electron chi connectivity index (χ3n) is 6.25. The van der Waals surface area contributed by atoms with Crippen LogP contribution in [0.3, 0.4) is 0 Å². The zero-order valence-electron chi connectivity index (χ0n) is 10.4. The molecule has 0 saturated heterocycles. The Morgan fingerprint density at radius 2 is 1.88 bits per heavy atom. The molecule has 1 nitrogen and oxygen atoms in total. The molecule has 2 bridgehead atoms. The molecule has 4 saturated carbocycles. The van der Waals surface area contributed by atoms with Crippen molar-refractivity contribution < 1.29 is 0 Å². The number of hydrogen-bond donors (Lipinski definition) is 1. The number of rotatable bonds is 4. The summed E-state index contributed by atoms with van der Waals surface area (Å²) in [4.78, 5) is 0. The van der Waals surface area contributed by atoms with Gasteiger partial charge >= 0.3 is 0 Å². The van der Waals surface area contributed by atoms with Gasteiger partial charge in [-0.1, -0.05) is 12.8 Å². The number of hydrogen-bond acceptors (Lipinski definition) is 1. The van der Waals surface area contributed by atoms with Crippen LogP contribution in [0.15, 0.2) is 0 Å². The molecule has 3 atom stereocenters. The Morgan fingerprint density at radius 3 is 2.38 bits per heavy atom. The molecule has 4 aliphatic carbocycles. The molecule has 0 aromatic carbocycles. The fourth-order valence-corrected chi connectivity index (χ4v) is 4.89. The van der Waals surface area contributed by atoms with Gasteiger partial charge < -0.3 is 5.32 Å². The van der Waals surface area contributed by atoms with Crippen molar-refractivity contribution in [1.29, 1.82) is 0 Å². The molecule has 0 amide bonds.